The normalized spacial score (nSPS) is 27.1. The maximum absolute atomic E-state index is 10.1. The van der Waals surface area contributed by atoms with Crippen LogP contribution >= 0.6 is 39.1 Å². The first-order valence-corrected chi connectivity index (χ1v) is 7.54. The van der Waals surface area contributed by atoms with E-state index in [1.165, 1.54) is 0 Å². The molecule has 1 aliphatic rings. The van der Waals surface area contributed by atoms with Crippen LogP contribution in [0.2, 0.25) is 10.0 Å². The monoisotopic (exact) mass is 380 g/mol. The third-order valence-electron chi connectivity index (χ3n) is 3.33. The largest absolute Gasteiger partial charge is 0.390 e. The Hall–Kier alpha value is -0.370. The molecule has 5 nitrogen and oxygen atoms in total. The minimum absolute atomic E-state index is 0.357. The fourth-order valence-electron chi connectivity index (χ4n) is 2.30. The van der Waals surface area contributed by atoms with Crippen LogP contribution in [0.3, 0.4) is 0 Å². The number of halogens is 3. The van der Waals surface area contributed by atoms with E-state index in [1.807, 2.05) is 0 Å². The van der Waals surface area contributed by atoms with Crippen molar-refractivity contribution < 1.29 is 14.9 Å². The molecule has 0 unspecified atom stereocenters. The summed E-state index contributed by atoms with van der Waals surface area (Å²) >= 11 is 15.3. The van der Waals surface area contributed by atoms with Crippen molar-refractivity contribution in [3.8, 4) is 0 Å². The third-order valence-corrected chi connectivity index (χ3v) is 4.61. The Bertz CT molecular complexity index is 664. The molecule has 2 aromatic rings. The number of aliphatic hydroxyl groups excluding tert-OH is 2. The molecule has 3 rings (SSSR count). The van der Waals surface area contributed by atoms with Crippen molar-refractivity contribution in [1.82, 2.24) is 9.55 Å². The van der Waals surface area contributed by atoms with Crippen molar-refractivity contribution in [3.63, 3.8) is 0 Å². The Balaban J connectivity index is 2.15. The summed E-state index contributed by atoms with van der Waals surface area (Å²) in [5.41, 5.74) is 1.30. The molecule has 0 bridgehead atoms. The zero-order valence-electron chi connectivity index (χ0n) is 10.1. The highest BCUT2D eigenvalue weighted by molar-refractivity contribution is 9.10. The summed E-state index contributed by atoms with van der Waals surface area (Å²) in [6.07, 6.45) is -2.20. The van der Waals surface area contributed by atoms with Crippen molar-refractivity contribution in [2.24, 2.45) is 0 Å². The Labute approximate surface area is 133 Å². The van der Waals surface area contributed by atoms with Crippen molar-refractivity contribution in [2.75, 3.05) is 6.61 Å². The SMILES string of the molecule is O[C@@H]1[C@H](O)CCO[C@H]1n1c(Br)nc2cc(Cl)c(Cl)cc21. The molecular weight excluding hydrogens is 371 g/mol. The van der Waals surface area contributed by atoms with E-state index in [0.717, 1.165) is 0 Å². The molecule has 8 heteroatoms. The molecule has 108 valence electrons. The van der Waals surface area contributed by atoms with Gasteiger partial charge in [-0.1, -0.05) is 23.2 Å². The number of aromatic nitrogens is 2. The molecule has 0 saturated carbocycles. The predicted molar refractivity (Wildman–Crippen MR) is 79.1 cm³/mol. The first-order valence-electron chi connectivity index (χ1n) is 5.99. The standard InChI is InChI=1S/C12H11BrCl2N2O3/c13-12-16-7-3-5(14)6(15)4-8(7)17(12)11-10(19)9(18)1-2-20-11/h3-4,9-11,18-19H,1-2H2/t9-,10-,11-/m1/s1. The van der Waals surface area contributed by atoms with Gasteiger partial charge in [-0.3, -0.25) is 4.57 Å². The van der Waals surface area contributed by atoms with Crippen LogP contribution in [0, 0.1) is 0 Å². The lowest BCUT2D eigenvalue weighted by atomic mass is 10.1. The van der Waals surface area contributed by atoms with Crippen LogP contribution in [0.25, 0.3) is 11.0 Å². The minimum Gasteiger partial charge on any atom is -0.390 e. The van der Waals surface area contributed by atoms with Gasteiger partial charge in [-0.2, -0.15) is 0 Å². The zero-order valence-corrected chi connectivity index (χ0v) is 13.2. The fourth-order valence-corrected chi connectivity index (χ4v) is 3.20. The molecule has 20 heavy (non-hydrogen) atoms. The zero-order chi connectivity index (χ0) is 14.4. The summed E-state index contributed by atoms with van der Waals surface area (Å²) in [6.45, 7) is 0.357. The lowest BCUT2D eigenvalue weighted by Crippen LogP contribution is -2.41. The molecule has 1 fully saturated rings. The smallest absolute Gasteiger partial charge is 0.180 e. The number of hydrogen-bond acceptors (Lipinski definition) is 4. The first-order chi connectivity index (χ1) is 9.49. The second kappa shape index (κ2) is 5.44. The van der Waals surface area contributed by atoms with E-state index < -0.39 is 18.4 Å². The van der Waals surface area contributed by atoms with Crippen molar-refractivity contribution in [2.45, 2.75) is 24.9 Å². The van der Waals surface area contributed by atoms with Gasteiger partial charge in [-0.25, -0.2) is 4.98 Å². The Morgan fingerprint density at radius 3 is 2.75 bits per heavy atom. The summed E-state index contributed by atoms with van der Waals surface area (Å²) in [5.74, 6) is 0. The number of imidazole rings is 1. The second-order valence-corrected chi connectivity index (χ2v) is 6.14. The lowest BCUT2D eigenvalue weighted by molar-refractivity contribution is -0.165. The highest BCUT2D eigenvalue weighted by Crippen LogP contribution is 2.34. The Kier molecular flexibility index (Phi) is 3.96. The summed E-state index contributed by atoms with van der Waals surface area (Å²) in [4.78, 5) is 4.31. The third kappa shape index (κ3) is 2.34. The maximum atomic E-state index is 10.1. The molecule has 1 aromatic carbocycles. The number of ether oxygens (including phenoxy) is 1. The van der Waals surface area contributed by atoms with E-state index in [-0.39, 0.29) is 0 Å². The van der Waals surface area contributed by atoms with Crippen molar-refractivity contribution >= 4 is 50.2 Å². The average molecular weight is 382 g/mol. The molecular formula is C12H11BrCl2N2O3. The summed E-state index contributed by atoms with van der Waals surface area (Å²) < 4.78 is 7.70. The number of rotatable bonds is 1. The number of fused-ring (bicyclic) bond motifs is 1. The summed E-state index contributed by atoms with van der Waals surface area (Å²) in [7, 11) is 0. The number of benzene rings is 1. The van der Waals surface area contributed by atoms with E-state index >= 15 is 0 Å². The molecule has 1 aliphatic heterocycles. The lowest BCUT2D eigenvalue weighted by Gasteiger charge is -2.33. The summed E-state index contributed by atoms with van der Waals surface area (Å²) in [5, 5.41) is 20.7. The second-order valence-electron chi connectivity index (χ2n) is 4.61. The molecule has 1 aromatic heterocycles. The van der Waals surface area contributed by atoms with Crippen LogP contribution in [-0.4, -0.2) is 38.6 Å². The van der Waals surface area contributed by atoms with E-state index in [9.17, 15) is 10.2 Å². The van der Waals surface area contributed by atoms with Crippen LogP contribution in [-0.2, 0) is 4.74 Å². The number of aliphatic hydroxyl groups is 2. The quantitative estimate of drug-likeness (QED) is 0.796. The van der Waals surface area contributed by atoms with Gasteiger partial charge in [0.15, 0.2) is 11.0 Å². The van der Waals surface area contributed by atoms with Crippen molar-refractivity contribution in [1.29, 1.82) is 0 Å². The van der Waals surface area contributed by atoms with Gasteiger partial charge in [0.25, 0.3) is 0 Å². The van der Waals surface area contributed by atoms with Gasteiger partial charge in [0.1, 0.15) is 6.10 Å². The Morgan fingerprint density at radius 1 is 1.30 bits per heavy atom. The van der Waals surface area contributed by atoms with Crippen LogP contribution in [0.15, 0.2) is 16.9 Å². The van der Waals surface area contributed by atoms with Gasteiger partial charge in [0.05, 0.1) is 33.8 Å². The van der Waals surface area contributed by atoms with Crippen molar-refractivity contribution in [3.05, 3.63) is 26.9 Å². The average Bonchev–Trinajstić information content (AvgIpc) is 2.69. The van der Waals surface area contributed by atoms with Gasteiger partial charge in [0, 0.05) is 0 Å². The van der Waals surface area contributed by atoms with E-state index in [2.05, 4.69) is 20.9 Å². The molecule has 1 saturated heterocycles. The summed E-state index contributed by atoms with van der Waals surface area (Å²) in [6, 6.07) is 3.31. The Morgan fingerprint density at radius 2 is 2.00 bits per heavy atom. The van der Waals surface area contributed by atoms with Crippen LogP contribution < -0.4 is 0 Å². The van der Waals surface area contributed by atoms with Gasteiger partial charge in [0.2, 0.25) is 0 Å². The molecule has 0 spiro atoms. The van der Waals surface area contributed by atoms with E-state index in [4.69, 9.17) is 27.9 Å². The van der Waals surface area contributed by atoms with Gasteiger partial charge >= 0.3 is 0 Å². The number of hydrogen-bond donors (Lipinski definition) is 2. The highest BCUT2D eigenvalue weighted by Gasteiger charge is 2.34. The molecule has 0 aliphatic carbocycles. The van der Waals surface area contributed by atoms with Gasteiger partial charge < -0.3 is 14.9 Å². The predicted octanol–water partition coefficient (Wildman–Crippen LogP) is 2.75. The molecule has 2 heterocycles. The molecule has 3 atom stereocenters. The maximum Gasteiger partial charge on any atom is 0.180 e. The van der Waals surface area contributed by atoms with Gasteiger partial charge in [-0.05, 0) is 34.5 Å². The first kappa shape index (κ1) is 14.6. The fraction of sp³-hybridized carbons (Fsp3) is 0.417. The number of nitrogens with zero attached hydrogens (tertiary/aromatic N) is 2. The van der Waals surface area contributed by atoms with Gasteiger partial charge in [-0.15, -0.1) is 0 Å². The molecule has 2 N–H and O–H groups in total. The topological polar surface area (TPSA) is 67.5 Å². The molecule has 0 radical (unpaired) electrons. The van der Waals surface area contributed by atoms with E-state index in [0.29, 0.717) is 38.8 Å². The van der Waals surface area contributed by atoms with E-state index in [1.54, 1.807) is 16.7 Å². The van der Waals surface area contributed by atoms with Crippen LogP contribution in [0.5, 0.6) is 0 Å². The molecule has 0 amide bonds. The minimum atomic E-state index is -1.04. The highest BCUT2D eigenvalue weighted by atomic mass is 79.9. The van der Waals surface area contributed by atoms with Crippen LogP contribution in [0.4, 0.5) is 0 Å². The van der Waals surface area contributed by atoms with Crippen LogP contribution in [0.1, 0.15) is 12.6 Å².